The predicted molar refractivity (Wildman–Crippen MR) is 112 cm³/mol. The Hall–Kier alpha value is -2.48. The number of benzene rings is 1. The van der Waals surface area contributed by atoms with E-state index in [2.05, 4.69) is 20.9 Å². The molecule has 4 heterocycles. The minimum Gasteiger partial charge on any atom is -0.496 e. The minimum absolute atomic E-state index is 0.0340. The second-order valence-electron chi connectivity index (χ2n) is 8.80. The van der Waals surface area contributed by atoms with Crippen LogP contribution in [0.3, 0.4) is 0 Å². The van der Waals surface area contributed by atoms with Crippen molar-refractivity contribution in [2.24, 2.45) is 0 Å². The van der Waals surface area contributed by atoms with Crippen LogP contribution in [0.15, 0.2) is 48.8 Å². The molecule has 3 aliphatic heterocycles. The van der Waals surface area contributed by atoms with E-state index in [0.29, 0.717) is 25.2 Å². The van der Waals surface area contributed by atoms with Crippen LogP contribution in [-0.2, 0) is 6.54 Å². The molecule has 5 rings (SSSR count). The lowest BCUT2D eigenvalue weighted by molar-refractivity contribution is -0.108. The average molecular weight is 409 g/mol. The smallest absolute Gasteiger partial charge is 0.255 e. The first-order chi connectivity index (χ1) is 14.6. The first-order valence-corrected chi connectivity index (χ1v) is 10.6. The number of rotatable bonds is 4. The molecule has 1 N–H and O–H groups in total. The highest BCUT2D eigenvalue weighted by atomic mass is 16.5. The molecule has 0 aliphatic carbocycles. The van der Waals surface area contributed by atoms with Gasteiger partial charge < -0.3 is 14.7 Å². The van der Waals surface area contributed by atoms with Gasteiger partial charge in [-0.05, 0) is 24.6 Å². The molecule has 1 spiro atoms. The van der Waals surface area contributed by atoms with E-state index in [9.17, 15) is 9.90 Å². The zero-order valence-corrected chi connectivity index (χ0v) is 17.3. The number of nitrogens with zero attached hydrogens (tertiary/aromatic N) is 4. The van der Waals surface area contributed by atoms with Crippen molar-refractivity contribution in [1.29, 1.82) is 0 Å². The zero-order chi connectivity index (χ0) is 20.7. The van der Waals surface area contributed by atoms with Crippen LogP contribution in [0.1, 0.15) is 22.3 Å². The van der Waals surface area contributed by atoms with Gasteiger partial charge in [0.25, 0.3) is 5.91 Å². The monoisotopic (exact) mass is 408 g/mol. The Morgan fingerprint density at radius 2 is 2.03 bits per heavy atom. The Balaban J connectivity index is 1.34. The third-order valence-electron chi connectivity index (χ3n) is 6.74. The Bertz CT molecular complexity index is 916. The molecule has 7 heteroatoms. The molecule has 2 aromatic rings. The number of β-amino-alcohol motifs (C(OH)–C–C–N with tert-alkyl or cyclic N) is 1. The molecule has 158 valence electrons. The summed E-state index contributed by atoms with van der Waals surface area (Å²) in [5.41, 5.74) is 1.71. The number of amides is 1. The topological polar surface area (TPSA) is 69.1 Å². The fourth-order valence-corrected chi connectivity index (χ4v) is 5.49. The molecule has 7 nitrogen and oxygen atoms in total. The number of piperazine rings is 1. The minimum atomic E-state index is -0.316. The van der Waals surface area contributed by atoms with Crippen LogP contribution in [0.2, 0.25) is 0 Å². The highest BCUT2D eigenvalue weighted by Crippen LogP contribution is 2.40. The third-order valence-corrected chi connectivity index (χ3v) is 6.74. The summed E-state index contributed by atoms with van der Waals surface area (Å²) in [6.45, 7) is 4.63. The summed E-state index contributed by atoms with van der Waals surface area (Å²) in [7, 11) is 1.70. The van der Waals surface area contributed by atoms with Crippen LogP contribution in [-0.4, -0.2) is 88.2 Å². The van der Waals surface area contributed by atoms with Crippen LogP contribution in [0.25, 0.3) is 0 Å². The molecule has 1 aromatic heterocycles. The van der Waals surface area contributed by atoms with E-state index >= 15 is 0 Å². The highest BCUT2D eigenvalue weighted by molar-refractivity contribution is 5.94. The zero-order valence-electron chi connectivity index (χ0n) is 17.3. The van der Waals surface area contributed by atoms with E-state index in [4.69, 9.17) is 4.74 Å². The fraction of sp³-hybridized carbons (Fsp3) is 0.478. The number of ether oxygens (including phenoxy) is 1. The molecule has 0 radical (unpaired) electrons. The maximum absolute atomic E-state index is 13.1. The number of carbonyl (C=O) groups excluding carboxylic acids is 1. The standard InChI is InChI=1S/C23H28N4O3/c1-30-21-7-3-2-5-18(21)11-25-14-23(15-25)16-26(12-19-9-20(28)13-27(19)23)22(29)17-6-4-8-24-10-17/h2-8,10,19-20,28H,9,11-16H2,1H3. The second kappa shape index (κ2) is 7.65. The molecule has 0 saturated carbocycles. The lowest BCUT2D eigenvalue weighted by Crippen LogP contribution is -2.78. The van der Waals surface area contributed by atoms with Crippen molar-refractivity contribution in [1.82, 2.24) is 19.7 Å². The Labute approximate surface area is 176 Å². The molecule has 30 heavy (non-hydrogen) atoms. The van der Waals surface area contributed by atoms with Gasteiger partial charge in [0.15, 0.2) is 0 Å². The van der Waals surface area contributed by atoms with Gasteiger partial charge in [-0.25, -0.2) is 0 Å². The van der Waals surface area contributed by atoms with Crippen LogP contribution in [0.4, 0.5) is 0 Å². The molecule has 3 fully saturated rings. The Kier molecular flexibility index (Phi) is 4.97. The molecule has 2 unspecified atom stereocenters. The summed E-state index contributed by atoms with van der Waals surface area (Å²) < 4.78 is 5.50. The fourth-order valence-electron chi connectivity index (χ4n) is 5.49. The number of pyridine rings is 1. The van der Waals surface area contributed by atoms with Crippen molar-refractivity contribution < 1.29 is 14.6 Å². The van der Waals surface area contributed by atoms with Gasteiger partial charge in [0.2, 0.25) is 0 Å². The Morgan fingerprint density at radius 3 is 2.80 bits per heavy atom. The van der Waals surface area contributed by atoms with Crippen LogP contribution in [0.5, 0.6) is 5.75 Å². The van der Waals surface area contributed by atoms with Crippen LogP contribution in [0, 0.1) is 0 Å². The van der Waals surface area contributed by atoms with Crippen molar-refractivity contribution in [3.63, 3.8) is 0 Å². The quantitative estimate of drug-likeness (QED) is 0.821. The summed E-state index contributed by atoms with van der Waals surface area (Å²) in [4.78, 5) is 24.1. The summed E-state index contributed by atoms with van der Waals surface area (Å²) >= 11 is 0. The summed E-state index contributed by atoms with van der Waals surface area (Å²) in [5, 5.41) is 10.3. The van der Waals surface area contributed by atoms with E-state index in [1.54, 1.807) is 25.6 Å². The first-order valence-electron chi connectivity index (χ1n) is 10.6. The average Bonchev–Trinajstić information content (AvgIpc) is 3.13. The van der Waals surface area contributed by atoms with Gasteiger partial charge in [-0.15, -0.1) is 0 Å². The first kappa shape index (κ1) is 19.5. The molecule has 0 bridgehead atoms. The molecule has 1 aromatic carbocycles. The number of aliphatic hydroxyl groups excluding tert-OH is 1. The van der Waals surface area contributed by atoms with E-state index in [0.717, 1.165) is 31.8 Å². The Morgan fingerprint density at radius 1 is 1.20 bits per heavy atom. The van der Waals surface area contributed by atoms with Gasteiger partial charge in [-0.3, -0.25) is 19.6 Å². The number of likely N-dealkylation sites (tertiary alicyclic amines) is 1. The SMILES string of the molecule is COc1ccccc1CN1CC2(C1)CN(C(=O)c1cccnc1)CC1CC(O)CN12. The number of hydrogen-bond acceptors (Lipinski definition) is 6. The van der Waals surface area contributed by atoms with Crippen molar-refractivity contribution in [3.8, 4) is 5.75 Å². The number of hydrogen-bond donors (Lipinski definition) is 1. The number of methoxy groups -OCH3 is 1. The van der Waals surface area contributed by atoms with Gasteiger partial charge in [0.05, 0.1) is 24.3 Å². The highest BCUT2D eigenvalue weighted by Gasteiger charge is 2.56. The van der Waals surface area contributed by atoms with Gasteiger partial charge in [-0.2, -0.15) is 0 Å². The number of fused-ring (bicyclic) bond motifs is 2. The van der Waals surface area contributed by atoms with Crippen molar-refractivity contribution in [2.75, 3.05) is 39.8 Å². The molecule has 1 amide bonds. The lowest BCUT2D eigenvalue weighted by atomic mass is 9.83. The van der Waals surface area contributed by atoms with E-state index in [1.165, 1.54) is 5.56 Å². The van der Waals surface area contributed by atoms with Crippen LogP contribution >= 0.6 is 0 Å². The summed E-state index contributed by atoms with van der Waals surface area (Å²) in [6, 6.07) is 12.0. The summed E-state index contributed by atoms with van der Waals surface area (Å²) in [6.07, 6.45) is 3.74. The van der Waals surface area contributed by atoms with Crippen molar-refractivity contribution >= 4 is 5.91 Å². The van der Waals surface area contributed by atoms with Gasteiger partial charge in [0, 0.05) is 63.3 Å². The van der Waals surface area contributed by atoms with E-state index in [1.807, 2.05) is 29.2 Å². The normalized spacial score (nSPS) is 25.7. The van der Waals surface area contributed by atoms with Gasteiger partial charge in [-0.1, -0.05) is 18.2 Å². The number of aliphatic hydroxyl groups is 1. The van der Waals surface area contributed by atoms with Gasteiger partial charge in [0.1, 0.15) is 5.75 Å². The molecular weight excluding hydrogens is 380 g/mol. The number of aromatic nitrogens is 1. The number of para-hydroxylation sites is 1. The summed E-state index contributed by atoms with van der Waals surface area (Å²) in [5.74, 6) is 0.941. The maximum Gasteiger partial charge on any atom is 0.255 e. The van der Waals surface area contributed by atoms with E-state index in [-0.39, 0.29) is 23.6 Å². The molecule has 3 aliphatic rings. The van der Waals surface area contributed by atoms with Crippen molar-refractivity contribution in [2.45, 2.75) is 30.7 Å². The van der Waals surface area contributed by atoms with Crippen LogP contribution < -0.4 is 4.74 Å². The van der Waals surface area contributed by atoms with E-state index < -0.39 is 0 Å². The molecular formula is C23H28N4O3. The lowest BCUT2D eigenvalue weighted by Gasteiger charge is -2.61. The predicted octanol–water partition coefficient (Wildman–Crippen LogP) is 1.24. The van der Waals surface area contributed by atoms with Crippen molar-refractivity contribution in [3.05, 3.63) is 59.9 Å². The van der Waals surface area contributed by atoms with Gasteiger partial charge >= 0.3 is 0 Å². The largest absolute Gasteiger partial charge is 0.496 e. The maximum atomic E-state index is 13.1. The second-order valence-corrected chi connectivity index (χ2v) is 8.80. The molecule has 2 atom stereocenters. The number of carbonyl (C=O) groups is 1. The third kappa shape index (κ3) is 3.37. The molecule has 3 saturated heterocycles.